The first-order chi connectivity index (χ1) is 31.2. The maximum Gasteiger partial charge on any atom is 0.312 e. The van der Waals surface area contributed by atoms with Crippen LogP contribution >= 0.6 is 0 Å². The number of nitrogens with one attached hydrogen (secondary N) is 3. The van der Waals surface area contributed by atoms with E-state index in [0.29, 0.717) is 48.3 Å². The minimum Gasteiger partial charge on any atom is -0.455 e. The Hall–Kier alpha value is -5.58. The number of anilines is 2. The Bertz CT molecular complexity index is 2650. The van der Waals surface area contributed by atoms with Crippen LogP contribution in [0, 0.1) is 27.4 Å². The molecule has 1 spiro atoms. The number of aromatic nitrogens is 3. The van der Waals surface area contributed by atoms with Crippen LogP contribution in [-0.2, 0) is 14.8 Å². The fourth-order valence-electron chi connectivity index (χ4n) is 10.6. The number of nitrogens with zero attached hydrogens (tertiary/aromatic N) is 5. The molecule has 2 aliphatic carbocycles. The molecule has 1 amide bonds. The number of hydrogen-bond acceptors (Lipinski definition) is 12. The van der Waals surface area contributed by atoms with Crippen LogP contribution < -0.4 is 19.7 Å². The zero-order chi connectivity index (χ0) is 45.5. The molecule has 0 bridgehead atoms. The SMILES string of the molecule is CC1CCC(CNc2ncc(S(=O)(=O)NC(=O)c3ccc(N4CCC5(CC4)CC(N4CC(C)OC[C@H]4c4ccccc4C(C)C)C5)cc3Oc3cnc4[nH]ccc4c3)cc2[N+](=O)[O-])CC1. The minimum absolute atomic E-state index is 0.0115. The van der Waals surface area contributed by atoms with E-state index in [4.69, 9.17) is 9.47 Å². The number of nitro groups is 1. The summed E-state index contributed by atoms with van der Waals surface area (Å²) in [6.07, 6.45) is 13.1. The van der Waals surface area contributed by atoms with Crippen molar-refractivity contribution in [3.63, 3.8) is 0 Å². The number of H-pyrrole nitrogens is 1. The van der Waals surface area contributed by atoms with Crippen molar-refractivity contribution in [1.29, 1.82) is 0 Å². The van der Waals surface area contributed by atoms with Crippen molar-refractivity contribution in [2.45, 2.75) is 108 Å². The van der Waals surface area contributed by atoms with Gasteiger partial charge in [-0.2, -0.15) is 0 Å². The fourth-order valence-corrected chi connectivity index (χ4v) is 11.5. The van der Waals surface area contributed by atoms with Gasteiger partial charge >= 0.3 is 5.69 Å². The summed E-state index contributed by atoms with van der Waals surface area (Å²) in [7, 11) is -4.60. The largest absolute Gasteiger partial charge is 0.455 e. The second kappa shape index (κ2) is 18.4. The molecule has 65 heavy (non-hydrogen) atoms. The molecule has 5 heterocycles. The molecule has 2 aromatic carbocycles. The van der Waals surface area contributed by atoms with Crippen molar-refractivity contribution in [1.82, 2.24) is 24.6 Å². The summed E-state index contributed by atoms with van der Waals surface area (Å²) in [6.45, 7) is 12.7. The van der Waals surface area contributed by atoms with Crippen LogP contribution in [0.3, 0.4) is 0 Å². The first-order valence-corrected chi connectivity index (χ1v) is 24.6. The number of hydrogen-bond donors (Lipinski definition) is 3. The number of carbonyl (C=O) groups is 1. The molecule has 3 N–H and O–H groups in total. The molecule has 9 rings (SSSR count). The van der Waals surface area contributed by atoms with Gasteiger partial charge in [0.15, 0.2) is 0 Å². The van der Waals surface area contributed by atoms with Gasteiger partial charge in [-0.05, 0) is 104 Å². The molecule has 0 radical (unpaired) electrons. The number of carbonyl (C=O) groups excluding carboxylic acids is 1. The Kier molecular flexibility index (Phi) is 12.6. The lowest BCUT2D eigenvalue weighted by atomic mass is 9.59. The van der Waals surface area contributed by atoms with Crippen molar-refractivity contribution in [3.8, 4) is 11.5 Å². The summed E-state index contributed by atoms with van der Waals surface area (Å²) in [4.78, 5) is 41.6. The van der Waals surface area contributed by atoms with E-state index in [2.05, 4.69) is 86.8 Å². The predicted octanol–water partition coefficient (Wildman–Crippen LogP) is 9.35. The average Bonchev–Trinajstić information content (AvgIpc) is 3.76. The molecule has 1 unspecified atom stereocenters. The fraction of sp³-hybridized carbons (Fsp3) is 0.490. The first kappa shape index (κ1) is 44.6. The molecule has 2 aliphatic heterocycles. The van der Waals surface area contributed by atoms with Gasteiger partial charge in [-0.15, -0.1) is 0 Å². The standard InChI is InChI=1S/C49H60N8O7S/c1-31(2)40-7-5-6-8-41(40)44-30-63-33(4)29-56(44)37-24-49(25-37)16-19-55(20-17-49)36-13-14-42(45(22-36)64-38-21-35-15-18-50-46(35)52-27-38)48(58)54-65(61,62)39-23-43(57(59)60)47(53-28-39)51-26-34-11-9-32(3)10-12-34/h5-8,13-15,18,21-23,27-28,31-34,37,44H,9-12,16-17,19-20,24-26,29-30H2,1-4H3,(H,50,52)(H,51,53)(H,54,58)/t32?,33?,34?,44-/m0/s1. The Morgan fingerprint density at radius 1 is 1.02 bits per heavy atom. The molecular formula is C49H60N8O7S. The van der Waals surface area contributed by atoms with Gasteiger partial charge in [-0.3, -0.25) is 19.8 Å². The lowest BCUT2D eigenvalue weighted by Gasteiger charge is -2.58. The summed E-state index contributed by atoms with van der Waals surface area (Å²) in [5.74, 6) is 0.976. The van der Waals surface area contributed by atoms with E-state index in [1.807, 2.05) is 12.1 Å². The number of amides is 1. The van der Waals surface area contributed by atoms with Crippen molar-refractivity contribution in [2.24, 2.45) is 17.3 Å². The minimum atomic E-state index is -4.60. The third-order valence-electron chi connectivity index (χ3n) is 14.5. The van der Waals surface area contributed by atoms with Crippen LogP contribution in [-0.4, -0.2) is 84.0 Å². The number of sulfonamides is 1. The number of pyridine rings is 2. The number of rotatable bonds is 13. The number of aromatic amines is 1. The molecule has 5 aromatic rings. The second-order valence-corrected chi connectivity index (χ2v) is 21.0. The van der Waals surface area contributed by atoms with Crippen molar-refractivity contribution in [2.75, 3.05) is 43.0 Å². The van der Waals surface area contributed by atoms with Gasteiger partial charge in [-0.1, -0.05) is 57.9 Å². The Labute approximate surface area is 380 Å². The highest BCUT2D eigenvalue weighted by Gasteiger charge is 2.50. The molecule has 4 fully saturated rings. The quantitative estimate of drug-likeness (QED) is 0.0753. The number of benzene rings is 2. The molecule has 2 atom stereocenters. The van der Waals surface area contributed by atoms with Crippen LogP contribution in [0.25, 0.3) is 11.0 Å². The van der Waals surface area contributed by atoms with E-state index in [9.17, 15) is 23.3 Å². The Morgan fingerprint density at radius 2 is 1.78 bits per heavy atom. The van der Waals surface area contributed by atoms with Crippen LogP contribution in [0.1, 0.15) is 113 Å². The first-order valence-electron chi connectivity index (χ1n) is 23.2. The summed E-state index contributed by atoms with van der Waals surface area (Å²) < 4.78 is 42.2. The van der Waals surface area contributed by atoms with Crippen molar-refractivity contribution < 1.29 is 27.6 Å². The van der Waals surface area contributed by atoms with Crippen molar-refractivity contribution in [3.05, 3.63) is 106 Å². The van der Waals surface area contributed by atoms with Gasteiger partial charge in [0.05, 0.1) is 41.6 Å². The van der Waals surface area contributed by atoms with Crippen molar-refractivity contribution >= 4 is 44.2 Å². The van der Waals surface area contributed by atoms with Crippen LogP contribution in [0.15, 0.2) is 84.1 Å². The number of ether oxygens (including phenoxy) is 2. The molecule has 2 saturated carbocycles. The van der Waals surface area contributed by atoms with E-state index < -0.39 is 31.4 Å². The topological polar surface area (TPSA) is 185 Å². The third kappa shape index (κ3) is 9.57. The summed E-state index contributed by atoms with van der Waals surface area (Å²) in [5, 5.41) is 16.0. The molecule has 16 heteroatoms. The van der Waals surface area contributed by atoms with Crippen LogP contribution in [0.4, 0.5) is 17.2 Å². The smallest absolute Gasteiger partial charge is 0.312 e. The zero-order valence-corrected chi connectivity index (χ0v) is 38.5. The normalized spacial score (nSPS) is 22.8. The zero-order valence-electron chi connectivity index (χ0n) is 37.7. The van der Waals surface area contributed by atoms with Crippen LogP contribution in [0.5, 0.6) is 11.5 Å². The van der Waals surface area contributed by atoms with Crippen LogP contribution in [0.2, 0.25) is 0 Å². The third-order valence-corrected chi connectivity index (χ3v) is 15.8. The maximum absolute atomic E-state index is 14.0. The van der Waals surface area contributed by atoms with Gasteiger partial charge in [0.1, 0.15) is 22.0 Å². The summed E-state index contributed by atoms with van der Waals surface area (Å²) in [6, 6.07) is 19.3. The molecular weight excluding hydrogens is 845 g/mol. The van der Waals surface area contributed by atoms with Gasteiger partial charge < -0.3 is 24.7 Å². The highest BCUT2D eigenvalue weighted by atomic mass is 32.2. The number of fused-ring (bicyclic) bond motifs is 1. The lowest BCUT2D eigenvalue weighted by molar-refractivity contribution is -0.384. The molecule has 344 valence electrons. The average molecular weight is 905 g/mol. The lowest BCUT2D eigenvalue weighted by Crippen LogP contribution is -2.59. The van der Waals surface area contributed by atoms with E-state index in [0.717, 1.165) is 94.3 Å². The second-order valence-electron chi connectivity index (χ2n) is 19.3. The number of piperidine rings is 1. The van der Waals surface area contributed by atoms with E-state index >= 15 is 0 Å². The van der Waals surface area contributed by atoms with E-state index in [1.54, 1.807) is 24.4 Å². The molecule has 2 saturated heterocycles. The summed E-state index contributed by atoms with van der Waals surface area (Å²) >= 11 is 0. The molecule has 4 aliphatic rings. The van der Waals surface area contributed by atoms with Gasteiger partial charge in [0.25, 0.3) is 15.9 Å². The highest BCUT2D eigenvalue weighted by Crippen LogP contribution is 2.53. The van der Waals surface area contributed by atoms with E-state index in [-0.39, 0.29) is 34.7 Å². The highest BCUT2D eigenvalue weighted by molar-refractivity contribution is 7.90. The maximum atomic E-state index is 14.0. The predicted molar refractivity (Wildman–Crippen MR) is 250 cm³/mol. The summed E-state index contributed by atoms with van der Waals surface area (Å²) in [5.41, 5.74) is 4.02. The molecule has 3 aromatic heterocycles. The number of morpholine rings is 1. The van der Waals surface area contributed by atoms with Gasteiger partial charge in [-0.25, -0.2) is 23.1 Å². The Morgan fingerprint density at radius 3 is 2.54 bits per heavy atom. The van der Waals surface area contributed by atoms with Gasteiger partial charge in [0, 0.05) is 61.6 Å². The molecule has 15 nitrogen and oxygen atoms in total. The Balaban J connectivity index is 0.904. The van der Waals surface area contributed by atoms with Gasteiger partial charge in [0.2, 0.25) is 5.82 Å². The monoisotopic (exact) mass is 904 g/mol. The van der Waals surface area contributed by atoms with E-state index in [1.165, 1.54) is 17.3 Å².